The van der Waals surface area contributed by atoms with Crippen molar-refractivity contribution < 1.29 is 14.4 Å². The van der Waals surface area contributed by atoms with E-state index in [2.05, 4.69) is 16.0 Å². The fraction of sp³-hybridized carbons (Fsp3) is 0.727. The summed E-state index contributed by atoms with van der Waals surface area (Å²) in [5.41, 5.74) is 0. The van der Waals surface area contributed by atoms with Gasteiger partial charge in [0.1, 0.15) is 0 Å². The Bertz CT molecular complexity index is 330. The molecule has 0 aliphatic carbocycles. The van der Waals surface area contributed by atoms with Crippen molar-refractivity contribution in [2.75, 3.05) is 32.7 Å². The Morgan fingerprint density at radius 2 is 2.17 bits per heavy atom. The van der Waals surface area contributed by atoms with Gasteiger partial charge in [0.25, 0.3) is 0 Å². The van der Waals surface area contributed by atoms with E-state index in [1.165, 1.54) is 0 Å². The number of hydrogen-bond acceptors (Lipinski definition) is 4. The molecule has 1 fully saturated rings. The topological polar surface area (TPSA) is 90.5 Å². The second-order valence-electron chi connectivity index (χ2n) is 4.71. The molecule has 1 saturated heterocycles. The minimum absolute atomic E-state index is 0.0581. The molecule has 1 heterocycles. The van der Waals surface area contributed by atoms with Gasteiger partial charge in [-0.15, -0.1) is 0 Å². The highest BCUT2D eigenvalue weighted by Gasteiger charge is 2.19. The van der Waals surface area contributed by atoms with E-state index in [9.17, 15) is 14.4 Å². The lowest BCUT2D eigenvalue weighted by Gasteiger charge is -2.25. The van der Waals surface area contributed by atoms with Crippen LogP contribution in [0.1, 0.15) is 13.8 Å². The van der Waals surface area contributed by atoms with Gasteiger partial charge < -0.3 is 10.6 Å². The summed E-state index contributed by atoms with van der Waals surface area (Å²) < 4.78 is 0. The molecule has 0 aromatic rings. The molecule has 18 heavy (non-hydrogen) atoms. The molecule has 0 aromatic heterocycles. The van der Waals surface area contributed by atoms with E-state index in [-0.39, 0.29) is 19.0 Å². The molecule has 7 nitrogen and oxygen atoms in total. The van der Waals surface area contributed by atoms with Gasteiger partial charge in [0.15, 0.2) is 0 Å². The predicted octanol–water partition coefficient (Wildman–Crippen LogP) is -1.10. The molecule has 0 bridgehead atoms. The minimum atomic E-state index is -0.491. The zero-order chi connectivity index (χ0) is 13.5. The summed E-state index contributed by atoms with van der Waals surface area (Å²) in [4.78, 5) is 35.6. The zero-order valence-corrected chi connectivity index (χ0v) is 10.8. The van der Waals surface area contributed by atoms with E-state index in [0.29, 0.717) is 25.6 Å². The van der Waals surface area contributed by atoms with E-state index in [0.717, 1.165) is 0 Å². The van der Waals surface area contributed by atoms with Crippen LogP contribution in [0.5, 0.6) is 0 Å². The van der Waals surface area contributed by atoms with Crippen LogP contribution in [0.25, 0.3) is 0 Å². The Kier molecular flexibility index (Phi) is 5.57. The van der Waals surface area contributed by atoms with E-state index in [1.807, 2.05) is 13.8 Å². The molecule has 0 spiro atoms. The standard InChI is InChI=1S/C11H20N4O3/c1-8(2)5-13-11(18)14-10(17)7-15-4-3-12-9(16)6-15/h8H,3-7H2,1-2H3,(H,12,16)(H2,13,14,17,18). The molecule has 0 unspecified atom stereocenters. The lowest BCUT2D eigenvalue weighted by molar-refractivity contribution is -0.126. The maximum Gasteiger partial charge on any atom is 0.321 e. The van der Waals surface area contributed by atoms with Gasteiger partial charge in [0, 0.05) is 19.6 Å². The molecule has 0 atom stereocenters. The Hall–Kier alpha value is -1.63. The summed E-state index contributed by atoms with van der Waals surface area (Å²) in [6.07, 6.45) is 0. The van der Waals surface area contributed by atoms with Crippen LogP contribution in [0.15, 0.2) is 0 Å². The molecular formula is C11H20N4O3. The maximum absolute atomic E-state index is 11.5. The minimum Gasteiger partial charge on any atom is -0.354 e. The first-order valence-corrected chi connectivity index (χ1v) is 6.04. The Morgan fingerprint density at radius 3 is 2.78 bits per heavy atom. The summed E-state index contributed by atoms with van der Waals surface area (Å²) in [6, 6.07) is -0.491. The third-order valence-corrected chi connectivity index (χ3v) is 2.41. The second-order valence-corrected chi connectivity index (χ2v) is 4.71. The number of nitrogens with zero attached hydrogens (tertiary/aromatic N) is 1. The van der Waals surface area contributed by atoms with Crippen LogP contribution in [0, 0.1) is 5.92 Å². The number of amides is 4. The first kappa shape index (κ1) is 14.4. The van der Waals surface area contributed by atoms with E-state index < -0.39 is 11.9 Å². The van der Waals surface area contributed by atoms with E-state index >= 15 is 0 Å². The van der Waals surface area contributed by atoms with E-state index in [1.54, 1.807) is 4.90 Å². The lowest BCUT2D eigenvalue weighted by Crippen LogP contribution is -2.52. The van der Waals surface area contributed by atoms with Crippen LogP contribution >= 0.6 is 0 Å². The highest BCUT2D eigenvalue weighted by atomic mass is 16.2. The number of imide groups is 1. The smallest absolute Gasteiger partial charge is 0.321 e. The van der Waals surface area contributed by atoms with Gasteiger partial charge in [-0.3, -0.25) is 19.8 Å². The summed E-state index contributed by atoms with van der Waals surface area (Å²) in [6.45, 7) is 5.86. The molecule has 1 aliphatic heterocycles. The molecule has 4 amide bonds. The van der Waals surface area contributed by atoms with Crippen molar-refractivity contribution in [3.8, 4) is 0 Å². The summed E-state index contributed by atoms with van der Waals surface area (Å²) >= 11 is 0. The maximum atomic E-state index is 11.5. The molecule has 0 saturated carbocycles. The molecule has 3 N–H and O–H groups in total. The number of piperazine rings is 1. The molecule has 1 rings (SSSR count). The third kappa shape index (κ3) is 5.62. The van der Waals surface area contributed by atoms with Gasteiger partial charge in [-0.25, -0.2) is 4.79 Å². The van der Waals surface area contributed by atoms with Gasteiger partial charge in [-0.2, -0.15) is 0 Å². The fourth-order valence-corrected chi connectivity index (χ4v) is 1.54. The van der Waals surface area contributed by atoms with Gasteiger partial charge in [0.05, 0.1) is 13.1 Å². The monoisotopic (exact) mass is 256 g/mol. The van der Waals surface area contributed by atoms with Crippen LogP contribution in [-0.2, 0) is 9.59 Å². The number of rotatable bonds is 4. The van der Waals surface area contributed by atoms with Crippen molar-refractivity contribution in [2.24, 2.45) is 5.92 Å². The fourth-order valence-electron chi connectivity index (χ4n) is 1.54. The van der Waals surface area contributed by atoms with Crippen LogP contribution < -0.4 is 16.0 Å². The van der Waals surface area contributed by atoms with Crippen LogP contribution in [-0.4, -0.2) is 55.5 Å². The molecule has 0 radical (unpaired) electrons. The average Bonchev–Trinajstić information content (AvgIpc) is 2.26. The van der Waals surface area contributed by atoms with Gasteiger partial charge in [0.2, 0.25) is 11.8 Å². The molecule has 7 heteroatoms. The van der Waals surface area contributed by atoms with Gasteiger partial charge in [-0.05, 0) is 5.92 Å². The van der Waals surface area contributed by atoms with Crippen molar-refractivity contribution in [3.05, 3.63) is 0 Å². The number of urea groups is 1. The summed E-state index contributed by atoms with van der Waals surface area (Å²) in [5, 5.41) is 7.49. The second kappa shape index (κ2) is 6.95. The van der Waals surface area contributed by atoms with Crippen molar-refractivity contribution in [1.29, 1.82) is 0 Å². The predicted molar refractivity (Wildman–Crippen MR) is 65.8 cm³/mol. The van der Waals surface area contributed by atoms with Gasteiger partial charge in [-0.1, -0.05) is 13.8 Å². The highest BCUT2D eigenvalue weighted by Crippen LogP contribution is 1.92. The largest absolute Gasteiger partial charge is 0.354 e. The van der Waals surface area contributed by atoms with Crippen LogP contribution in [0.4, 0.5) is 4.79 Å². The van der Waals surface area contributed by atoms with Gasteiger partial charge >= 0.3 is 6.03 Å². The van der Waals surface area contributed by atoms with E-state index in [4.69, 9.17) is 0 Å². The summed E-state index contributed by atoms with van der Waals surface area (Å²) in [7, 11) is 0. The van der Waals surface area contributed by atoms with Crippen molar-refractivity contribution in [1.82, 2.24) is 20.9 Å². The normalized spacial score (nSPS) is 16.3. The zero-order valence-electron chi connectivity index (χ0n) is 10.8. The Labute approximate surface area is 106 Å². The molecule has 0 aromatic carbocycles. The first-order valence-electron chi connectivity index (χ1n) is 6.04. The Morgan fingerprint density at radius 1 is 1.44 bits per heavy atom. The molecule has 1 aliphatic rings. The molecular weight excluding hydrogens is 236 g/mol. The third-order valence-electron chi connectivity index (χ3n) is 2.41. The van der Waals surface area contributed by atoms with Crippen molar-refractivity contribution in [3.63, 3.8) is 0 Å². The first-order chi connectivity index (χ1) is 8.47. The van der Waals surface area contributed by atoms with Crippen molar-refractivity contribution in [2.45, 2.75) is 13.8 Å². The quantitative estimate of drug-likeness (QED) is 0.595. The number of hydrogen-bond donors (Lipinski definition) is 3. The Balaban J connectivity index is 2.24. The lowest BCUT2D eigenvalue weighted by atomic mass is 10.2. The van der Waals surface area contributed by atoms with Crippen molar-refractivity contribution >= 4 is 17.8 Å². The number of nitrogens with one attached hydrogen (secondary N) is 3. The summed E-state index contributed by atoms with van der Waals surface area (Å²) in [5.74, 6) is -0.166. The van der Waals surface area contributed by atoms with Crippen LogP contribution in [0.3, 0.4) is 0 Å². The SMILES string of the molecule is CC(C)CNC(=O)NC(=O)CN1CCNC(=O)C1. The molecule has 102 valence electrons. The highest BCUT2D eigenvalue weighted by molar-refractivity contribution is 5.95. The number of carbonyl (C=O) groups is 3. The number of carbonyl (C=O) groups excluding carboxylic acids is 3. The van der Waals surface area contributed by atoms with Crippen LogP contribution in [0.2, 0.25) is 0 Å². The average molecular weight is 256 g/mol.